The number of anilines is 1. The highest BCUT2D eigenvalue weighted by Gasteiger charge is 2.31. The number of aliphatic hydroxyl groups excluding tert-OH is 1. The SMILES string of the molecule is COc1ccc2ncc(=O)n(CCN3C[C@H](CNCc4nc5c(c(OC)n4)CCC(=O)N5)[C@H](O)C3)c2n1. The fourth-order valence-electron chi connectivity index (χ4n) is 4.80. The third kappa shape index (κ3) is 5.38. The topological polar surface area (TPSA) is 157 Å². The van der Waals surface area contributed by atoms with E-state index in [2.05, 4.69) is 35.5 Å². The van der Waals surface area contributed by atoms with E-state index in [1.807, 2.05) is 0 Å². The van der Waals surface area contributed by atoms with E-state index < -0.39 is 6.10 Å². The summed E-state index contributed by atoms with van der Waals surface area (Å²) in [5.41, 5.74) is 1.66. The molecule has 13 heteroatoms. The number of amides is 1. The van der Waals surface area contributed by atoms with Crippen LogP contribution in [0.4, 0.5) is 5.82 Å². The van der Waals surface area contributed by atoms with Crippen LogP contribution in [0.15, 0.2) is 23.1 Å². The van der Waals surface area contributed by atoms with Crippen LogP contribution in [0.2, 0.25) is 0 Å². The lowest BCUT2D eigenvalue weighted by Crippen LogP contribution is -2.32. The Morgan fingerprint density at radius 2 is 1.97 bits per heavy atom. The van der Waals surface area contributed by atoms with Gasteiger partial charge in [0.2, 0.25) is 17.7 Å². The Bertz CT molecular complexity index is 1360. The highest BCUT2D eigenvalue weighted by molar-refractivity contribution is 5.93. The highest BCUT2D eigenvalue weighted by Crippen LogP contribution is 2.28. The molecule has 37 heavy (non-hydrogen) atoms. The number of hydrogen-bond acceptors (Lipinski definition) is 11. The molecule has 3 N–H and O–H groups in total. The number of ether oxygens (including phenoxy) is 2. The number of carbonyl (C=O) groups excluding carboxylic acids is 1. The molecule has 1 fully saturated rings. The second-order valence-corrected chi connectivity index (χ2v) is 9.19. The van der Waals surface area contributed by atoms with Gasteiger partial charge in [-0.25, -0.2) is 9.97 Å². The first kappa shape index (κ1) is 25.0. The van der Waals surface area contributed by atoms with Gasteiger partial charge >= 0.3 is 0 Å². The number of nitrogens with one attached hydrogen (secondary N) is 2. The summed E-state index contributed by atoms with van der Waals surface area (Å²) in [7, 11) is 3.08. The lowest BCUT2D eigenvalue weighted by molar-refractivity contribution is -0.116. The van der Waals surface area contributed by atoms with Crippen LogP contribution in [0.1, 0.15) is 17.8 Å². The van der Waals surface area contributed by atoms with Gasteiger partial charge in [0.15, 0.2) is 5.65 Å². The van der Waals surface area contributed by atoms with E-state index in [-0.39, 0.29) is 17.4 Å². The molecule has 2 atom stereocenters. The molecule has 0 unspecified atom stereocenters. The number of aromatic nitrogens is 5. The quantitative estimate of drug-likeness (QED) is 0.343. The molecule has 0 spiro atoms. The molecule has 0 radical (unpaired) electrons. The molecule has 1 amide bonds. The summed E-state index contributed by atoms with van der Waals surface area (Å²) in [6.45, 7) is 3.11. The summed E-state index contributed by atoms with van der Waals surface area (Å²) in [6.07, 6.45) is 1.73. The fourth-order valence-corrected chi connectivity index (χ4v) is 4.80. The standard InChI is InChI=1S/C24H30N8O5/c1-36-20-6-4-16-23(30-20)32(21(35)11-26-16)8-7-31-12-14(17(33)13-31)9-25-10-18-27-22-15(24(28-18)37-2)3-5-19(34)29-22/h4,6,11,14,17,25,33H,3,5,7-10,12-13H2,1-2H3,(H,27,28,29,34)/t14-,17+/m0/s1. The molecule has 5 rings (SSSR count). The number of fused-ring (bicyclic) bond motifs is 2. The number of methoxy groups -OCH3 is 2. The van der Waals surface area contributed by atoms with Gasteiger partial charge in [-0.3, -0.25) is 19.1 Å². The van der Waals surface area contributed by atoms with Crippen molar-refractivity contribution in [2.45, 2.75) is 32.0 Å². The second-order valence-electron chi connectivity index (χ2n) is 9.19. The van der Waals surface area contributed by atoms with E-state index in [0.29, 0.717) is 86.7 Å². The maximum atomic E-state index is 12.5. The smallest absolute Gasteiger partial charge is 0.270 e. The molecular weight excluding hydrogens is 480 g/mol. The highest BCUT2D eigenvalue weighted by atomic mass is 16.5. The maximum Gasteiger partial charge on any atom is 0.270 e. The van der Waals surface area contributed by atoms with Gasteiger partial charge in [0.05, 0.1) is 38.6 Å². The van der Waals surface area contributed by atoms with Crippen LogP contribution in [0.5, 0.6) is 11.8 Å². The van der Waals surface area contributed by atoms with Gasteiger partial charge in [-0.05, 0) is 12.5 Å². The fraction of sp³-hybridized carbons (Fsp3) is 0.500. The number of aliphatic hydroxyl groups is 1. The van der Waals surface area contributed by atoms with Gasteiger partial charge in [-0.1, -0.05) is 0 Å². The summed E-state index contributed by atoms with van der Waals surface area (Å²) in [4.78, 5) is 43.9. The molecule has 2 aliphatic heterocycles. The van der Waals surface area contributed by atoms with Gasteiger partial charge in [0.1, 0.15) is 17.2 Å². The lowest BCUT2D eigenvalue weighted by Gasteiger charge is -2.19. The van der Waals surface area contributed by atoms with Crippen molar-refractivity contribution in [2.75, 3.05) is 45.7 Å². The Morgan fingerprint density at radius 3 is 2.78 bits per heavy atom. The second kappa shape index (κ2) is 10.7. The zero-order valence-electron chi connectivity index (χ0n) is 20.8. The molecule has 5 heterocycles. The molecule has 0 bridgehead atoms. The first-order valence-corrected chi connectivity index (χ1v) is 12.2. The van der Waals surface area contributed by atoms with Crippen molar-refractivity contribution in [1.29, 1.82) is 0 Å². The predicted molar refractivity (Wildman–Crippen MR) is 134 cm³/mol. The third-order valence-electron chi connectivity index (χ3n) is 6.75. The molecule has 0 saturated carbocycles. The number of carbonyl (C=O) groups is 1. The number of nitrogens with zero attached hydrogens (tertiary/aromatic N) is 6. The Kier molecular flexibility index (Phi) is 7.26. The summed E-state index contributed by atoms with van der Waals surface area (Å²) < 4.78 is 12.2. The van der Waals surface area contributed by atoms with Crippen LogP contribution in [0.3, 0.4) is 0 Å². The third-order valence-corrected chi connectivity index (χ3v) is 6.75. The van der Waals surface area contributed by atoms with E-state index in [1.165, 1.54) is 13.3 Å². The summed E-state index contributed by atoms with van der Waals surface area (Å²) >= 11 is 0. The zero-order valence-corrected chi connectivity index (χ0v) is 20.8. The number of hydrogen-bond donors (Lipinski definition) is 3. The van der Waals surface area contributed by atoms with Crippen molar-refractivity contribution in [1.82, 2.24) is 34.7 Å². The summed E-state index contributed by atoms with van der Waals surface area (Å²) in [6, 6.07) is 3.48. The zero-order chi connectivity index (χ0) is 25.9. The van der Waals surface area contributed by atoms with Gasteiger partial charge in [-0.15, -0.1) is 0 Å². The van der Waals surface area contributed by atoms with E-state index in [9.17, 15) is 14.7 Å². The van der Waals surface area contributed by atoms with E-state index in [1.54, 1.807) is 23.8 Å². The molecule has 1 saturated heterocycles. The Hall–Kier alpha value is -3.68. The number of likely N-dealkylation sites (tertiary alicyclic amines) is 1. The molecule has 3 aromatic heterocycles. The van der Waals surface area contributed by atoms with Gasteiger partial charge < -0.3 is 25.2 Å². The molecule has 0 aromatic carbocycles. The van der Waals surface area contributed by atoms with E-state index in [4.69, 9.17) is 9.47 Å². The van der Waals surface area contributed by atoms with Gasteiger partial charge in [0.25, 0.3) is 5.56 Å². The predicted octanol–water partition coefficient (Wildman–Crippen LogP) is -0.434. The summed E-state index contributed by atoms with van der Waals surface area (Å²) in [5, 5.41) is 16.7. The first-order chi connectivity index (χ1) is 17.9. The average Bonchev–Trinajstić information content (AvgIpc) is 3.25. The minimum atomic E-state index is -0.505. The van der Waals surface area contributed by atoms with Crippen molar-refractivity contribution in [3.8, 4) is 11.8 Å². The minimum Gasteiger partial charge on any atom is -0.481 e. The van der Waals surface area contributed by atoms with E-state index >= 15 is 0 Å². The van der Waals surface area contributed by atoms with Crippen LogP contribution in [0, 0.1) is 5.92 Å². The molecular formula is C24H30N8O5. The Balaban J connectivity index is 1.18. The maximum absolute atomic E-state index is 12.5. The van der Waals surface area contributed by atoms with Crippen LogP contribution < -0.4 is 25.7 Å². The normalized spacial score (nSPS) is 19.6. The molecule has 3 aromatic rings. The number of rotatable bonds is 9. The average molecular weight is 511 g/mol. The molecule has 0 aliphatic carbocycles. The Labute approximate surface area is 212 Å². The lowest BCUT2D eigenvalue weighted by atomic mass is 10.1. The van der Waals surface area contributed by atoms with Gasteiger partial charge in [-0.2, -0.15) is 9.97 Å². The van der Waals surface area contributed by atoms with Crippen molar-refractivity contribution in [2.24, 2.45) is 5.92 Å². The van der Waals surface area contributed by atoms with Crippen molar-refractivity contribution in [3.63, 3.8) is 0 Å². The summed E-state index contributed by atoms with van der Waals surface area (Å²) in [5.74, 6) is 1.83. The first-order valence-electron chi connectivity index (χ1n) is 12.2. The van der Waals surface area contributed by atoms with Crippen LogP contribution in [-0.4, -0.2) is 86.9 Å². The van der Waals surface area contributed by atoms with Gasteiger partial charge in [0, 0.05) is 51.1 Å². The minimum absolute atomic E-state index is 0.00310. The number of pyridine rings is 1. The Morgan fingerprint density at radius 1 is 1.11 bits per heavy atom. The van der Waals surface area contributed by atoms with Crippen LogP contribution in [-0.2, 0) is 24.3 Å². The van der Waals surface area contributed by atoms with E-state index in [0.717, 1.165) is 5.56 Å². The largest absolute Gasteiger partial charge is 0.481 e. The van der Waals surface area contributed by atoms with Crippen molar-refractivity contribution < 1.29 is 19.4 Å². The molecule has 2 aliphatic rings. The monoisotopic (exact) mass is 510 g/mol. The van der Waals surface area contributed by atoms with Crippen LogP contribution in [0.25, 0.3) is 11.2 Å². The molecule has 13 nitrogen and oxygen atoms in total. The van der Waals surface area contributed by atoms with Crippen molar-refractivity contribution in [3.05, 3.63) is 40.1 Å². The van der Waals surface area contributed by atoms with Crippen molar-refractivity contribution >= 4 is 22.9 Å². The van der Waals surface area contributed by atoms with Crippen LogP contribution >= 0.6 is 0 Å². The number of β-amino-alcohol motifs (C(OH)–C–C–N with tert-alkyl or cyclic N) is 1. The molecule has 196 valence electrons.